The molecule has 2 heterocycles. The Bertz CT molecular complexity index is 489. The van der Waals surface area contributed by atoms with E-state index in [0.29, 0.717) is 13.0 Å². The van der Waals surface area contributed by atoms with Crippen molar-refractivity contribution in [1.82, 2.24) is 15.6 Å². The second kappa shape index (κ2) is 9.35. The lowest BCUT2D eigenvalue weighted by Gasteiger charge is -2.27. The predicted octanol–water partition coefficient (Wildman–Crippen LogP) is 2.03. The van der Waals surface area contributed by atoms with Crippen LogP contribution in [0.4, 0.5) is 10.6 Å². The molecule has 0 bridgehead atoms. The molecule has 2 amide bonds. The third-order valence-electron chi connectivity index (χ3n) is 4.06. The highest BCUT2D eigenvalue weighted by Gasteiger charge is 2.12. The highest BCUT2D eigenvalue weighted by molar-refractivity contribution is 5.73. The fraction of sp³-hybridized carbons (Fsp3) is 0.647. The molecule has 1 atom stereocenters. The van der Waals surface area contributed by atoms with Gasteiger partial charge in [0.25, 0.3) is 0 Å². The minimum absolute atomic E-state index is 0.253. The minimum atomic E-state index is -0.475. The van der Waals surface area contributed by atoms with Gasteiger partial charge in [-0.3, -0.25) is 0 Å². The summed E-state index contributed by atoms with van der Waals surface area (Å²) in [7, 11) is 0. The molecule has 1 unspecified atom stereocenters. The smallest absolute Gasteiger partial charge is 0.315 e. The van der Waals surface area contributed by atoms with Gasteiger partial charge in [-0.15, -0.1) is 0 Å². The first-order chi connectivity index (χ1) is 11.2. The molecule has 1 aromatic rings. The number of hydrogen-bond donors (Lipinski definition) is 3. The number of rotatable bonds is 7. The molecule has 23 heavy (non-hydrogen) atoms. The van der Waals surface area contributed by atoms with Gasteiger partial charge in [-0.25, -0.2) is 9.78 Å². The molecule has 0 aromatic carbocycles. The van der Waals surface area contributed by atoms with Crippen molar-refractivity contribution in [2.45, 2.75) is 51.7 Å². The molecule has 6 nitrogen and oxygen atoms in total. The van der Waals surface area contributed by atoms with E-state index in [0.717, 1.165) is 30.9 Å². The Morgan fingerprint density at radius 3 is 2.87 bits per heavy atom. The molecule has 128 valence electrons. The van der Waals surface area contributed by atoms with Crippen molar-refractivity contribution in [3.8, 4) is 0 Å². The van der Waals surface area contributed by atoms with Crippen molar-refractivity contribution in [3.63, 3.8) is 0 Å². The van der Waals surface area contributed by atoms with Crippen molar-refractivity contribution < 1.29 is 9.90 Å². The number of aromatic nitrogens is 1. The summed E-state index contributed by atoms with van der Waals surface area (Å²) in [5.74, 6) is 0.989. The zero-order chi connectivity index (χ0) is 16.5. The minimum Gasteiger partial charge on any atom is -0.391 e. The number of urea groups is 1. The lowest BCUT2D eigenvalue weighted by molar-refractivity contribution is 0.160. The van der Waals surface area contributed by atoms with Crippen molar-refractivity contribution in [2.75, 3.05) is 24.5 Å². The molecule has 3 N–H and O–H groups in total. The molecule has 0 aliphatic carbocycles. The summed E-state index contributed by atoms with van der Waals surface area (Å²) in [6, 6.07) is 3.70. The zero-order valence-corrected chi connectivity index (χ0v) is 13.9. The van der Waals surface area contributed by atoms with Gasteiger partial charge in [-0.1, -0.05) is 13.3 Å². The first kappa shape index (κ1) is 17.5. The van der Waals surface area contributed by atoms with Crippen molar-refractivity contribution in [1.29, 1.82) is 0 Å². The average Bonchev–Trinajstić information content (AvgIpc) is 2.59. The Morgan fingerprint density at radius 2 is 2.13 bits per heavy atom. The predicted molar refractivity (Wildman–Crippen MR) is 91.5 cm³/mol. The molecule has 0 radical (unpaired) electrons. The molecular formula is C17H28N4O2. The monoisotopic (exact) mass is 320 g/mol. The second-order valence-electron chi connectivity index (χ2n) is 6.08. The molecule has 1 aliphatic rings. The topological polar surface area (TPSA) is 77.5 Å². The van der Waals surface area contributed by atoms with Crippen molar-refractivity contribution >= 4 is 11.8 Å². The summed E-state index contributed by atoms with van der Waals surface area (Å²) in [6.07, 6.45) is 6.65. The number of amides is 2. The molecule has 1 aromatic heterocycles. The number of nitrogens with zero attached hydrogens (tertiary/aromatic N) is 2. The number of carbonyl (C=O) groups is 1. The summed E-state index contributed by atoms with van der Waals surface area (Å²) in [5, 5.41) is 15.1. The first-order valence-corrected chi connectivity index (χ1v) is 8.58. The van der Waals surface area contributed by atoms with Gasteiger partial charge in [0.15, 0.2) is 0 Å². The zero-order valence-electron chi connectivity index (χ0n) is 13.9. The van der Waals surface area contributed by atoms with E-state index in [1.165, 1.54) is 19.3 Å². The molecule has 6 heteroatoms. The van der Waals surface area contributed by atoms with Gasteiger partial charge in [0.1, 0.15) is 5.82 Å². The van der Waals surface area contributed by atoms with Crippen LogP contribution in [0.25, 0.3) is 0 Å². The van der Waals surface area contributed by atoms with Gasteiger partial charge in [-0.05, 0) is 43.4 Å². The Hall–Kier alpha value is -1.82. The Balaban J connectivity index is 1.77. The number of aliphatic hydroxyl groups is 1. The van der Waals surface area contributed by atoms with Crippen LogP contribution >= 0.6 is 0 Å². The third-order valence-corrected chi connectivity index (χ3v) is 4.06. The van der Waals surface area contributed by atoms with Crippen LogP contribution < -0.4 is 15.5 Å². The summed E-state index contributed by atoms with van der Waals surface area (Å²) in [5.41, 5.74) is 1.03. The number of hydrogen-bond acceptors (Lipinski definition) is 4. The van der Waals surface area contributed by atoms with Crippen LogP contribution in [-0.2, 0) is 6.54 Å². The van der Waals surface area contributed by atoms with Gasteiger partial charge in [0.05, 0.1) is 6.10 Å². The van der Waals surface area contributed by atoms with E-state index in [1.807, 2.05) is 19.1 Å². The quantitative estimate of drug-likeness (QED) is 0.718. The van der Waals surface area contributed by atoms with Crippen LogP contribution in [0.1, 0.15) is 44.6 Å². The van der Waals surface area contributed by atoms with Gasteiger partial charge >= 0.3 is 6.03 Å². The first-order valence-electron chi connectivity index (χ1n) is 8.58. The molecule has 0 saturated carbocycles. The maximum absolute atomic E-state index is 11.8. The Morgan fingerprint density at radius 1 is 1.35 bits per heavy atom. The lowest BCUT2D eigenvalue weighted by atomic mass is 10.1. The normalized spacial score (nSPS) is 16.0. The number of nitrogens with one attached hydrogen (secondary N) is 2. The Labute approximate surface area is 138 Å². The van der Waals surface area contributed by atoms with E-state index in [2.05, 4.69) is 20.5 Å². The number of aliphatic hydroxyl groups excluding tert-OH is 1. The van der Waals surface area contributed by atoms with Crippen LogP contribution in [0.5, 0.6) is 0 Å². The van der Waals surface area contributed by atoms with Gasteiger partial charge in [-0.2, -0.15) is 0 Å². The van der Waals surface area contributed by atoms with Crippen LogP contribution in [0, 0.1) is 0 Å². The van der Waals surface area contributed by atoms with Gasteiger partial charge in [0, 0.05) is 32.4 Å². The molecule has 1 aliphatic heterocycles. The Kier molecular flexibility index (Phi) is 7.13. The summed E-state index contributed by atoms with van der Waals surface area (Å²) in [6.45, 7) is 4.86. The number of pyridine rings is 1. The second-order valence-corrected chi connectivity index (χ2v) is 6.08. The third kappa shape index (κ3) is 6.06. The van der Waals surface area contributed by atoms with E-state index in [-0.39, 0.29) is 12.6 Å². The number of carbonyl (C=O) groups excluding carboxylic acids is 1. The van der Waals surface area contributed by atoms with E-state index in [1.54, 1.807) is 6.20 Å². The fourth-order valence-corrected chi connectivity index (χ4v) is 2.76. The van der Waals surface area contributed by atoms with Crippen LogP contribution in [0.15, 0.2) is 18.3 Å². The van der Waals surface area contributed by atoms with E-state index < -0.39 is 6.10 Å². The number of piperidine rings is 1. The average molecular weight is 320 g/mol. The maximum Gasteiger partial charge on any atom is 0.315 e. The fourth-order valence-electron chi connectivity index (χ4n) is 2.76. The maximum atomic E-state index is 11.8. The summed E-state index contributed by atoms with van der Waals surface area (Å²) < 4.78 is 0. The van der Waals surface area contributed by atoms with Gasteiger partial charge < -0.3 is 20.6 Å². The SMILES string of the molecule is CCCC(O)CNC(=O)NCc1ccnc(N2CCCCC2)c1. The van der Waals surface area contributed by atoms with Crippen LogP contribution in [0.2, 0.25) is 0 Å². The molecule has 2 rings (SSSR count). The highest BCUT2D eigenvalue weighted by atomic mass is 16.3. The van der Waals surface area contributed by atoms with E-state index >= 15 is 0 Å². The lowest BCUT2D eigenvalue weighted by Crippen LogP contribution is -2.39. The van der Waals surface area contributed by atoms with Gasteiger partial charge in [0.2, 0.25) is 0 Å². The summed E-state index contributed by atoms with van der Waals surface area (Å²) in [4.78, 5) is 18.5. The van der Waals surface area contributed by atoms with Crippen molar-refractivity contribution in [2.24, 2.45) is 0 Å². The van der Waals surface area contributed by atoms with Crippen LogP contribution in [-0.4, -0.2) is 41.9 Å². The standard InChI is InChI=1S/C17H28N4O2/c1-2-6-15(22)13-20-17(23)19-12-14-7-8-18-16(11-14)21-9-4-3-5-10-21/h7-8,11,15,22H,2-6,9-10,12-13H2,1H3,(H2,19,20,23). The largest absolute Gasteiger partial charge is 0.391 e. The highest BCUT2D eigenvalue weighted by Crippen LogP contribution is 2.18. The molecule has 1 fully saturated rings. The molecule has 1 saturated heterocycles. The summed E-state index contributed by atoms with van der Waals surface area (Å²) >= 11 is 0. The van der Waals surface area contributed by atoms with E-state index in [9.17, 15) is 9.90 Å². The van der Waals surface area contributed by atoms with Crippen LogP contribution in [0.3, 0.4) is 0 Å². The van der Waals surface area contributed by atoms with E-state index in [4.69, 9.17) is 0 Å². The molecular weight excluding hydrogens is 292 g/mol. The molecule has 0 spiro atoms. The number of anilines is 1. The van der Waals surface area contributed by atoms with Crippen molar-refractivity contribution in [3.05, 3.63) is 23.9 Å².